The monoisotopic (exact) mass is 288 g/mol. The third-order valence-electron chi connectivity index (χ3n) is 5.61. The van der Waals surface area contributed by atoms with Crippen LogP contribution in [0.2, 0.25) is 0 Å². The van der Waals surface area contributed by atoms with Crippen molar-refractivity contribution in [3.63, 3.8) is 0 Å². The molecule has 0 saturated carbocycles. The van der Waals surface area contributed by atoms with Gasteiger partial charge in [0.25, 0.3) is 0 Å². The second kappa shape index (κ2) is 6.12. The van der Waals surface area contributed by atoms with Crippen LogP contribution >= 0.6 is 0 Å². The van der Waals surface area contributed by atoms with E-state index in [1.165, 1.54) is 23.1 Å². The Bertz CT molecular complexity index is 490. The zero-order valence-electron chi connectivity index (χ0n) is 14.7. The zero-order valence-corrected chi connectivity index (χ0v) is 14.7. The highest BCUT2D eigenvalue weighted by Crippen LogP contribution is 2.45. The summed E-state index contributed by atoms with van der Waals surface area (Å²) in [6, 6.07) is 0. The fraction of sp³-hybridized carbons (Fsp3) is 0.700. The summed E-state index contributed by atoms with van der Waals surface area (Å²) >= 11 is 0. The van der Waals surface area contributed by atoms with Crippen molar-refractivity contribution in [1.82, 2.24) is 0 Å². The first-order valence-electron chi connectivity index (χ1n) is 8.55. The van der Waals surface area contributed by atoms with Crippen molar-refractivity contribution in [3.05, 3.63) is 34.4 Å². The zero-order chi connectivity index (χ0) is 15.8. The molecule has 0 radical (unpaired) electrons. The fourth-order valence-electron chi connectivity index (χ4n) is 3.75. The number of hydrogen-bond acceptors (Lipinski definition) is 1. The summed E-state index contributed by atoms with van der Waals surface area (Å²) in [6.07, 6.45) is 8.98. The SMILES string of the molecule is CC1=CC(C2=C(C)CCC(C(C)C)=C2)C(O)(C(C)C)CC1. The van der Waals surface area contributed by atoms with Crippen LogP contribution in [0.25, 0.3) is 0 Å². The highest BCUT2D eigenvalue weighted by Gasteiger charge is 2.42. The summed E-state index contributed by atoms with van der Waals surface area (Å²) in [4.78, 5) is 0. The van der Waals surface area contributed by atoms with E-state index in [1.807, 2.05) is 0 Å². The first kappa shape index (κ1) is 16.5. The van der Waals surface area contributed by atoms with Gasteiger partial charge in [-0.15, -0.1) is 0 Å². The summed E-state index contributed by atoms with van der Waals surface area (Å²) in [5.74, 6) is 1.05. The first-order valence-corrected chi connectivity index (χ1v) is 8.55. The lowest BCUT2D eigenvalue weighted by Gasteiger charge is -2.43. The van der Waals surface area contributed by atoms with E-state index >= 15 is 0 Å². The van der Waals surface area contributed by atoms with Crippen LogP contribution in [-0.2, 0) is 0 Å². The van der Waals surface area contributed by atoms with Crippen LogP contribution < -0.4 is 0 Å². The summed E-state index contributed by atoms with van der Waals surface area (Å²) in [5, 5.41) is 11.3. The molecule has 0 aromatic heterocycles. The normalized spacial score (nSPS) is 30.8. The summed E-state index contributed by atoms with van der Waals surface area (Å²) in [6.45, 7) is 13.3. The molecule has 21 heavy (non-hydrogen) atoms. The van der Waals surface area contributed by atoms with Gasteiger partial charge in [-0.2, -0.15) is 0 Å². The molecule has 0 bridgehead atoms. The fourth-order valence-corrected chi connectivity index (χ4v) is 3.75. The standard InChI is InChI=1S/C20H32O/c1-13(2)17-8-7-16(6)18(12-17)19-11-15(5)9-10-20(19,21)14(3)4/h11-14,19,21H,7-10H2,1-6H3. The lowest BCUT2D eigenvalue weighted by atomic mass is 9.66. The Balaban J connectivity index is 2.47. The molecule has 0 spiro atoms. The number of allylic oxidation sites excluding steroid dienone is 4. The summed E-state index contributed by atoms with van der Waals surface area (Å²) < 4.78 is 0. The van der Waals surface area contributed by atoms with Crippen molar-refractivity contribution < 1.29 is 5.11 Å². The van der Waals surface area contributed by atoms with Gasteiger partial charge in [0.15, 0.2) is 0 Å². The van der Waals surface area contributed by atoms with Crippen molar-refractivity contribution in [1.29, 1.82) is 0 Å². The molecule has 2 rings (SSSR count). The molecule has 2 unspecified atom stereocenters. The second-order valence-electron chi connectivity index (χ2n) is 7.75. The van der Waals surface area contributed by atoms with Crippen LogP contribution in [0.5, 0.6) is 0 Å². The van der Waals surface area contributed by atoms with Crippen LogP contribution in [0.15, 0.2) is 34.4 Å². The number of hydrogen-bond donors (Lipinski definition) is 1. The van der Waals surface area contributed by atoms with Gasteiger partial charge in [0.1, 0.15) is 0 Å². The number of aliphatic hydroxyl groups is 1. The molecular weight excluding hydrogens is 256 g/mol. The molecule has 2 aliphatic carbocycles. The number of rotatable bonds is 3. The Labute approximate surface area is 130 Å². The molecule has 0 saturated heterocycles. The molecule has 0 amide bonds. The molecule has 2 aliphatic rings. The molecular formula is C20H32O. The van der Waals surface area contributed by atoms with E-state index in [0.29, 0.717) is 5.92 Å². The van der Waals surface area contributed by atoms with Gasteiger partial charge >= 0.3 is 0 Å². The maximum absolute atomic E-state index is 11.3. The van der Waals surface area contributed by atoms with Crippen molar-refractivity contribution in [2.45, 2.75) is 72.8 Å². The largest absolute Gasteiger partial charge is 0.389 e. The quantitative estimate of drug-likeness (QED) is 0.687. The Morgan fingerprint density at radius 1 is 1.10 bits per heavy atom. The van der Waals surface area contributed by atoms with Gasteiger partial charge in [-0.05, 0) is 56.9 Å². The van der Waals surface area contributed by atoms with Crippen molar-refractivity contribution in [2.75, 3.05) is 0 Å². The van der Waals surface area contributed by atoms with Crippen LogP contribution in [0.3, 0.4) is 0 Å². The highest BCUT2D eigenvalue weighted by atomic mass is 16.3. The average Bonchev–Trinajstić information content (AvgIpc) is 2.42. The Morgan fingerprint density at radius 3 is 2.33 bits per heavy atom. The average molecular weight is 288 g/mol. The molecule has 0 aliphatic heterocycles. The Morgan fingerprint density at radius 2 is 1.76 bits per heavy atom. The van der Waals surface area contributed by atoms with Gasteiger partial charge in [0, 0.05) is 5.92 Å². The van der Waals surface area contributed by atoms with Crippen molar-refractivity contribution in [2.24, 2.45) is 17.8 Å². The maximum Gasteiger partial charge on any atom is 0.0776 e. The van der Waals surface area contributed by atoms with Gasteiger partial charge in [-0.3, -0.25) is 0 Å². The molecule has 1 heteroatoms. The first-order chi connectivity index (χ1) is 9.75. The molecule has 1 N–H and O–H groups in total. The van der Waals surface area contributed by atoms with Gasteiger partial charge < -0.3 is 5.11 Å². The summed E-state index contributed by atoms with van der Waals surface area (Å²) in [7, 11) is 0. The van der Waals surface area contributed by atoms with E-state index in [9.17, 15) is 5.11 Å². The predicted octanol–water partition coefficient (Wildman–Crippen LogP) is 5.42. The minimum absolute atomic E-state index is 0.167. The molecule has 0 aromatic rings. The third-order valence-corrected chi connectivity index (χ3v) is 5.61. The molecule has 2 atom stereocenters. The van der Waals surface area contributed by atoms with E-state index in [-0.39, 0.29) is 11.8 Å². The van der Waals surface area contributed by atoms with Crippen LogP contribution in [0.1, 0.15) is 67.2 Å². The van der Waals surface area contributed by atoms with E-state index in [4.69, 9.17) is 0 Å². The molecule has 0 heterocycles. The molecule has 0 fully saturated rings. The Kier molecular flexibility index (Phi) is 4.82. The predicted molar refractivity (Wildman–Crippen MR) is 91.1 cm³/mol. The van der Waals surface area contributed by atoms with E-state index < -0.39 is 5.60 Å². The van der Waals surface area contributed by atoms with Gasteiger partial charge in [-0.25, -0.2) is 0 Å². The lowest BCUT2D eigenvalue weighted by molar-refractivity contribution is -0.0429. The molecule has 1 nitrogen and oxygen atoms in total. The topological polar surface area (TPSA) is 20.2 Å². The van der Waals surface area contributed by atoms with Crippen LogP contribution in [0.4, 0.5) is 0 Å². The van der Waals surface area contributed by atoms with Gasteiger partial charge in [0.2, 0.25) is 0 Å². The summed E-state index contributed by atoms with van der Waals surface area (Å²) in [5.41, 5.74) is 5.23. The highest BCUT2D eigenvalue weighted by molar-refractivity contribution is 5.41. The van der Waals surface area contributed by atoms with E-state index in [2.05, 4.69) is 53.7 Å². The minimum atomic E-state index is -0.591. The molecule has 0 aromatic carbocycles. The smallest absolute Gasteiger partial charge is 0.0776 e. The van der Waals surface area contributed by atoms with Crippen molar-refractivity contribution >= 4 is 0 Å². The van der Waals surface area contributed by atoms with E-state index in [0.717, 1.165) is 19.3 Å². The Hall–Kier alpha value is -0.820. The van der Waals surface area contributed by atoms with Gasteiger partial charge in [-0.1, -0.05) is 56.6 Å². The lowest BCUT2D eigenvalue weighted by Crippen LogP contribution is -2.45. The maximum atomic E-state index is 11.3. The minimum Gasteiger partial charge on any atom is -0.389 e. The van der Waals surface area contributed by atoms with Crippen LogP contribution in [0, 0.1) is 17.8 Å². The van der Waals surface area contributed by atoms with E-state index in [1.54, 1.807) is 5.57 Å². The third kappa shape index (κ3) is 3.18. The molecule has 118 valence electrons. The van der Waals surface area contributed by atoms with Gasteiger partial charge in [0.05, 0.1) is 5.60 Å². The van der Waals surface area contributed by atoms with Crippen LogP contribution in [-0.4, -0.2) is 10.7 Å². The second-order valence-corrected chi connectivity index (χ2v) is 7.75. The van der Waals surface area contributed by atoms with Crippen molar-refractivity contribution in [3.8, 4) is 0 Å².